The first-order valence-corrected chi connectivity index (χ1v) is 8.77. The normalized spacial score (nSPS) is 24.5. The van der Waals surface area contributed by atoms with Crippen LogP contribution in [0.25, 0.3) is 0 Å². The average molecular weight is 302 g/mol. The van der Waals surface area contributed by atoms with Crippen LogP contribution in [0.3, 0.4) is 0 Å². The van der Waals surface area contributed by atoms with E-state index in [1.165, 1.54) is 0 Å². The highest BCUT2D eigenvalue weighted by Gasteiger charge is 2.16. The van der Waals surface area contributed by atoms with Gasteiger partial charge in [0, 0.05) is 56.9 Å². The molecule has 0 aromatic rings. The first-order chi connectivity index (χ1) is 9.84. The predicted molar refractivity (Wildman–Crippen MR) is 81.2 cm³/mol. The van der Waals surface area contributed by atoms with E-state index in [0.717, 1.165) is 57.1 Å². The molecule has 1 amide bonds. The summed E-state index contributed by atoms with van der Waals surface area (Å²) in [5.41, 5.74) is 0. The van der Waals surface area contributed by atoms with E-state index in [-0.39, 0.29) is 5.91 Å². The van der Waals surface area contributed by atoms with Crippen molar-refractivity contribution in [2.45, 2.75) is 37.8 Å². The zero-order chi connectivity index (χ0) is 14.0. The number of thioether (sulfide) groups is 1. The van der Waals surface area contributed by atoms with Gasteiger partial charge in [-0.2, -0.15) is 11.8 Å². The molecular formula is C14H26N2O3S. The van der Waals surface area contributed by atoms with Gasteiger partial charge in [0.25, 0.3) is 0 Å². The van der Waals surface area contributed by atoms with Gasteiger partial charge in [-0.25, -0.2) is 0 Å². The zero-order valence-electron chi connectivity index (χ0n) is 12.1. The van der Waals surface area contributed by atoms with Crippen LogP contribution in [0.4, 0.5) is 0 Å². The van der Waals surface area contributed by atoms with Gasteiger partial charge in [-0.3, -0.25) is 4.79 Å². The molecule has 0 radical (unpaired) electrons. The summed E-state index contributed by atoms with van der Waals surface area (Å²) in [5, 5.41) is 6.35. The Balaban J connectivity index is 1.44. The molecule has 2 aliphatic rings. The van der Waals surface area contributed by atoms with Crippen LogP contribution in [0, 0.1) is 0 Å². The smallest absolute Gasteiger partial charge is 0.221 e. The quantitative estimate of drug-likeness (QED) is 0.681. The summed E-state index contributed by atoms with van der Waals surface area (Å²) in [6.45, 7) is 4.08. The highest BCUT2D eigenvalue weighted by molar-refractivity contribution is 7.99. The van der Waals surface area contributed by atoms with Crippen molar-refractivity contribution in [3.8, 4) is 0 Å². The minimum absolute atomic E-state index is 0.149. The van der Waals surface area contributed by atoms with Crippen molar-refractivity contribution in [3.63, 3.8) is 0 Å². The molecule has 116 valence electrons. The minimum atomic E-state index is 0.149. The maximum absolute atomic E-state index is 11.8. The lowest BCUT2D eigenvalue weighted by Gasteiger charge is -2.23. The summed E-state index contributed by atoms with van der Waals surface area (Å²) in [7, 11) is 0. The second-order valence-corrected chi connectivity index (χ2v) is 6.47. The van der Waals surface area contributed by atoms with E-state index in [0.29, 0.717) is 25.1 Å². The molecule has 0 aromatic heterocycles. The molecule has 2 N–H and O–H groups in total. The Morgan fingerprint density at radius 2 is 2.25 bits per heavy atom. The molecule has 0 saturated carbocycles. The van der Waals surface area contributed by atoms with Crippen LogP contribution in [0.1, 0.15) is 25.7 Å². The van der Waals surface area contributed by atoms with E-state index < -0.39 is 0 Å². The van der Waals surface area contributed by atoms with Crippen LogP contribution in [0.15, 0.2) is 0 Å². The van der Waals surface area contributed by atoms with Crippen LogP contribution in [0.2, 0.25) is 0 Å². The van der Waals surface area contributed by atoms with E-state index >= 15 is 0 Å². The van der Waals surface area contributed by atoms with Gasteiger partial charge in [0.15, 0.2) is 0 Å². The maximum atomic E-state index is 11.8. The van der Waals surface area contributed by atoms with Crippen molar-refractivity contribution in [2.75, 3.05) is 44.4 Å². The monoisotopic (exact) mass is 302 g/mol. The highest BCUT2D eigenvalue weighted by Crippen LogP contribution is 2.11. The standard InChI is InChI=1S/C14H26N2O3S/c17-14(10-12-11-20-9-5-15-12)16-4-1-6-19-13-2-7-18-8-3-13/h12-13,15H,1-11H2,(H,16,17). The molecule has 2 fully saturated rings. The Kier molecular flexibility index (Phi) is 7.72. The van der Waals surface area contributed by atoms with Gasteiger partial charge >= 0.3 is 0 Å². The Bertz CT molecular complexity index is 280. The minimum Gasteiger partial charge on any atom is -0.381 e. The molecule has 5 nitrogen and oxygen atoms in total. The average Bonchev–Trinajstić information content (AvgIpc) is 2.49. The summed E-state index contributed by atoms with van der Waals surface area (Å²) < 4.78 is 11.1. The first-order valence-electron chi connectivity index (χ1n) is 7.62. The predicted octanol–water partition coefficient (Wildman–Crippen LogP) is 0.783. The zero-order valence-corrected chi connectivity index (χ0v) is 12.9. The fourth-order valence-electron chi connectivity index (χ4n) is 2.44. The maximum Gasteiger partial charge on any atom is 0.221 e. The van der Waals surface area contributed by atoms with Crippen molar-refractivity contribution in [3.05, 3.63) is 0 Å². The highest BCUT2D eigenvalue weighted by atomic mass is 32.2. The lowest BCUT2D eigenvalue weighted by atomic mass is 10.1. The molecule has 1 atom stereocenters. The van der Waals surface area contributed by atoms with Gasteiger partial charge in [-0.15, -0.1) is 0 Å². The van der Waals surface area contributed by atoms with E-state index in [1.807, 2.05) is 11.8 Å². The Morgan fingerprint density at radius 3 is 3.00 bits per heavy atom. The van der Waals surface area contributed by atoms with Crippen LogP contribution >= 0.6 is 11.8 Å². The van der Waals surface area contributed by atoms with Crippen molar-refractivity contribution in [2.24, 2.45) is 0 Å². The second-order valence-electron chi connectivity index (χ2n) is 5.32. The van der Waals surface area contributed by atoms with Crippen molar-refractivity contribution >= 4 is 17.7 Å². The molecule has 0 aromatic carbocycles. The summed E-state index contributed by atoms with van der Waals surface area (Å²) in [6, 6.07) is 0.340. The summed E-state index contributed by atoms with van der Waals surface area (Å²) in [4.78, 5) is 11.8. The lowest BCUT2D eigenvalue weighted by molar-refractivity contribution is -0.121. The van der Waals surface area contributed by atoms with E-state index in [4.69, 9.17) is 9.47 Å². The molecule has 2 saturated heterocycles. The van der Waals surface area contributed by atoms with E-state index in [2.05, 4.69) is 10.6 Å². The Hall–Kier alpha value is -0.300. The van der Waals surface area contributed by atoms with Gasteiger partial charge in [0.2, 0.25) is 5.91 Å². The van der Waals surface area contributed by atoms with Gasteiger partial charge in [-0.05, 0) is 19.3 Å². The summed E-state index contributed by atoms with van der Waals surface area (Å²) in [6.07, 6.45) is 3.82. The first kappa shape index (κ1) is 16.1. The third-order valence-electron chi connectivity index (χ3n) is 3.60. The SMILES string of the molecule is O=C(CC1CSCCN1)NCCCOC1CCOCC1. The number of carbonyl (C=O) groups excluding carboxylic acids is 1. The summed E-state index contributed by atoms with van der Waals surface area (Å²) in [5.74, 6) is 2.35. The van der Waals surface area contributed by atoms with Crippen LogP contribution < -0.4 is 10.6 Å². The van der Waals surface area contributed by atoms with Crippen LogP contribution in [0.5, 0.6) is 0 Å². The fourth-order valence-corrected chi connectivity index (χ4v) is 3.39. The van der Waals surface area contributed by atoms with Crippen molar-refractivity contribution < 1.29 is 14.3 Å². The molecule has 1 unspecified atom stereocenters. The molecule has 0 aliphatic carbocycles. The number of hydrogen-bond donors (Lipinski definition) is 2. The van der Waals surface area contributed by atoms with E-state index in [9.17, 15) is 4.79 Å². The number of amides is 1. The Morgan fingerprint density at radius 1 is 1.40 bits per heavy atom. The lowest BCUT2D eigenvalue weighted by Crippen LogP contribution is -2.41. The molecule has 20 heavy (non-hydrogen) atoms. The molecule has 6 heteroatoms. The topological polar surface area (TPSA) is 59.6 Å². The van der Waals surface area contributed by atoms with Gasteiger partial charge in [-0.1, -0.05) is 0 Å². The number of ether oxygens (including phenoxy) is 2. The van der Waals surface area contributed by atoms with E-state index in [1.54, 1.807) is 0 Å². The molecule has 2 aliphatic heterocycles. The Labute approximate surface area is 125 Å². The number of hydrogen-bond acceptors (Lipinski definition) is 5. The largest absolute Gasteiger partial charge is 0.381 e. The number of rotatable bonds is 7. The fraction of sp³-hybridized carbons (Fsp3) is 0.929. The third-order valence-corrected chi connectivity index (χ3v) is 4.73. The molecule has 2 heterocycles. The molecule has 0 spiro atoms. The molecular weight excluding hydrogens is 276 g/mol. The van der Waals surface area contributed by atoms with Crippen LogP contribution in [-0.2, 0) is 14.3 Å². The van der Waals surface area contributed by atoms with Gasteiger partial charge in [0.1, 0.15) is 0 Å². The second kappa shape index (κ2) is 9.60. The van der Waals surface area contributed by atoms with Gasteiger partial charge < -0.3 is 20.1 Å². The van der Waals surface area contributed by atoms with Gasteiger partial charge in [0.05, 0.1) is 6.10 Å². The van der Waals surface area contributed by atoms with Crippen molar-refractivity contribution in [1.82, 2.24) is 10.6 Å². The third kappa shape index (κ3) is 6.43. The molecule has 2 rings (SSSR count). The molecule has 0 bridgehead atoms. The number of carbonyl (C=O) groups is 1. The van der Waals surface area contributed by atoms with Crippen molar-refractivity contribution in [1.29, 1.82) is 0 Å². The summed E-state index contributed by atoms with van der Waals surface area (Å²) >= 11 is 1.92. The number of nitrogens with one attached hydrogen (secondary N) is 2. The van der Waals surface area contributed by atoms with Crippen LogP contribution in [-0.4, -0.2) is 62.5 Å².